The number of alkyl halides is 3. The molecule has 114 valence electrons. The number of para-hydroxylation sites is 1. The van der Waals surface area contributed by atoms with E-state index in [0.717, 1.165) is 4.90 Å². The number of halogens is 3. The van der Waals surface area contributed by atoms with Crippen molar-refractivity contribution in [2.45, 2.75) is 12.3 Å². The van der Waals surface area contributed by atoms with E-state index in [2.05, 4.69) is 10.3 Å². The fraction of sp³-hybridized carbons (Fsp3) is 0.200. The minimum absolute atomic E-state index is 0.221. The fourth-order valence-corrected chi connectivity index (χ4v) is 2.42. The molecule has 0 radical (unpaired) electrons. The topological polar surface area (TPSA) is 45.2 Å². The number of aromatic nitrogens is 1. The number of nitrogens with one attached hydrogen (secondary N) is 1. The highest BCUT2D eigenvalue weighted by molar-refractivity contribution is 6.01. The summed E-state index contributed by atoms with van der Waals surface area (Å²) >= 11 is 0. The van der Waals surface area contributed by atoms with Crippen LogP contribution in [0.15, 0.2) is 48.7 Å². The molecule has 1 atom stereocenters. The van der Waals surface area contributed by atoms with Crippen molar-refractivity contribution >= 4 is 11.6 Å². The Bertz CT molecular complexity index is 688. The molecule has 0 bridgehead atoms. The van der Waals surface area contributed by atoms with Crippen molar-refractivity contribution in [3.05, 3.63) is 59.9 Å². The summed E-state index contributed by atoms with van der Waals surface area (Å²) in [6.45, 7) is -1.34. The zero-order chi connectivity index (χ0) is 15.7. The number of carbonyl (C=O) groups is 1. The van der Waals surface area contributed by atoms with Crippen molar-refractivity contribution in [2.24, 2.45) is 0 Å². The largest absolute Gasteiger partial charge is 0.406 e. The number of carbonyl (C=O) groups excluding carboxylic acids is 1. The normalized spacial score (nSPS) is 17.9. The molecule has 22 heavy (non-hydrogen) atoms. The van der Waals surface area contributed by atoms with Gasteiger partial charge < -0.3 is 10.2 Å². The smallest absolute Gasteiger partial charge is 0.359 e. The number of hydrogen-bond acceptors (Lipinski definition) is 3. The van der Waals surface area contributed by atoms with Crippen LogP contribution in [-0.2, 0) is 0 Å². The third kappa shape index (κ3) is 2.74. The molecule has 1 aromatic carbocycles. The van der Waals surface area contributed by atoms with Gasteiger partial charge in [-0.1, -0.05) is 18.2 Å². The Morgan fingerprint density at radius 2 is 1.86 bits per heavy atom. The molecule has 0 saturated heterocycles. The van der Waals surface area contributed by atoms with Gasteiger partial charge in [0.25, 0.3) is 5.91 Å². The third-order valence-corrected chi connectivity index (χ3v) is 3.34. The second-order valence-corrected chi connectivity index (χ2v) is 4.90. The van der Waals surface area contributed by atoms with Gasteiger partial charge in [-0.2, -0.15) is 13.2 Å². The van der Waals surface area contributed by atoms with Crippen molar-refractivity contribution in [3.8, 4) is 0 Å². The zero-order valence-corrected chi connectivity index (χ0v) is 11.3. The van der Waals surface area contributed by atoms with Crippen LogP contribution in [0, 0.1) is 0 Å². The summed E-state index contributed by atoms with van der Waals surface area (Å²) in [7, 11) is 0. The lowest BCUT2D eigenvalue weighted by Gasteiger charge is -2.37. The van der Waals surface area contributed by atoms with Gasteiger partial charge >= 0.3 is 6.18 Å². The summed E-state index contributed by atoms with van der Waals surface area (Å²) in [6.07, 6.45) is -3.96. The maximum absolute atomic E-state index is 12.8. The fourth-order valence-electron chi connectivity index (χ4n) is 2.42. The summed E-state index contributed by atoms with van der Waals surface area (Å²) < 4.78 is 38.5. The van der Waals surface area contributed by atoms with E-state index in [-0.39, 0.29) is 5.56 Å². The van der Waals surface area contributed by atoms with Gasteiger partial charge in [0.2, 0.25) is 0 Å². The molecule has 1 amide bonds. The van der Waals surface area contributed by atoms with Gasteiger partial charge in [0, 0.05) is 11.9 Å². The molecule has 0 unspecified atom stereocenters. The van der Waals surface area contributed by atoms with E-state index in [9.17, 15) is 18.0 Å². The van der Waals surface area contributed by atoms with Gasteiger partial charge in [-0.3, -0.25) is 9.78 Å². The number of amides is 1. The lowest BCUT2D eigenvalue weighted by Crippen LogP contribution is -2.47. The first-order valence-electron chi connectivity index (χ1n) is 6.60. The lowest BCUT2D eigenvalue weighted by atomic mass is 10.1. The van der Waals surface area contributed by atoms with E-state index < -0.39 is 24.8 Å². The number of nitrogens with zero attached hydrogens (tertiary/aromatic N) is 2. The maximum atomic E-state index is 12.8. The van der Waals surface area contributed by atoms with Crippen molar-refractivity contribution in [3.63, 3.8) is 0 Å². The molecule has 4 nitrogen and oxygen atoms in total. The Kier molecular flexibility index (Phi) is 3.48. The molecular formula is C15H12F3N3O. The molecule has 0 saturated carbocycles. The Morgan fingerprint density at radius 3 is 2.55 bits per heavy atom. The van der Waals surface area contributed by atoms with E-state index in [1.165, 1.54) is 12.3 Å². The zero-order valence-electron chi connectivity index (χ0n) is 11.3. The number of fused-ring (bicyclic) bond motifs is 1. The number of hydrogen-bond donors (Lipinski definition) is 1. The summed E-state index contributed by atoms with van der Waals surface area (Å²) in [5, 5.41) is 2.96. The first kappa shape index (κ1) is 14.4. The van der Waals surface area contributed by atoms with Crippen LogP contribution >= 0.6 is 0 Å². The van der Waals surface area contributed by atoms with Crippen LogP contribution in [0.2, 0.25) is 0 Å². The molecule has 7 heteroatoms. The first-order valence-corrected chi connectivity index (χ1v) is 6.60. The highest BCUT2D eigenvalue weighted by Gasteiger charge is 2.41. The Labute approximate surface area is 124 Å². The predicted molar refractivity (Wildman–Crippen MR) is 74.1 cm³/mol. The highest BCUT2D eigenvalue weighted by atomic mass is 19.4. The Balaban J connectivity index is 2.04. The van der Waals surface area contributed by atoms with Crippen molar-refractivity contribution in [1.82, 2.24) is 9.88 Å². The minimum atomic E-state index is -4.49. The molecule has 2 aromatic rings. The summed E-state index contributed by atoms with van der Waals surface area (Å²) in [5.41, 5.74) is 1.08. The minimum Gasteiger partial charge on any atom is -0.359 e. The van der Waals surface area contributed by atoms with Crippen LogP contribution in [0.25, 0.3) is 0 Å². The van der Waals surface area contributed by atoms with Crippen LogP contribution in [-0.4, -0.2) is 28.5 Å². The predicted octanol–water partition coefficient (Wildman–Crippen LogP) is 3.21. The highest BCUT2D eigenvalue weighted by Crippen LogP contribution is 2.34. The van der Waals surface area contributed by atoms with E-state index in [4.69, 9.17) is 0 Å². The van der Waals surface area contributed by atoms with Gasteiger partial charge in [-0.15, -0.1) is 0 Å². The van der Waals surface area contributed by atoms with Gasteiger partial charge in [0.15, 0.2) is 0 Å². The van der Waals surface area contributed by atoms with Gasteiger partial charge in [-0.05, 0) is 24.3 Å². The first-order chi connectivity index (χ1) is 10.5. The number of pyridine rings is 1. The molecule has 0 spiro atoms. The van der Waals surface area contributed by atoms with Crippen molar-refractivity contribution in [2.75, 3.05) is 11.9 Å². The van der Waals surface area contributed by atoms with Crippen LogP contribution < -0.4 is 5.32 Å². The molecule has 0 fully saturated rings. The summed E-state index contributed by atoms with van der Waals surface area (Å²) in [5.74, 6) is -0.665. The van der Waals surface area contributed by atoms with E-state index >= 15 is 0 Å². The molecule has 2 heterocycles. The molecule has 1 N–H and O–H groups in total. The Hall–Kier alpha value is -2.57. The van der Waals surface area contributed by atoms with Crippen LogP contribution in [0.4, 0.5) is 18.9 Å². The third-order valence-electron chi connectivity index (χ3n) is 3.34. The molecule has 0 aliphatic carbocycles. The van der Waals surface area contributed by atoms with E-state index in [0.29, 0.717) is 11.4 Å². The number of benzene rings is 1. The van der Waals surface area contributed by atoms with Crippen LogP contribution in [0.1, 0.15) is 22.2 Å². The lowest BCUT2D eigenvalue weighted by molar-refractivity contribution is -0.144. The van der Waals surface area contributed by atoms with Crippen molar-refractivity contribution < 1.29 is 18.0 Å². The summed E-state index contributed by atoms with van der Waals surface area (Å²) in [6, 6.07) is 11.4. The Morgan fingerprint density at radius 1 is 1.14 bits per heavy atom. The number of anilines is 1. The molecular weight excluding hydrogens is 295 g/mol. The molecule has 1 aromatic heterocycles. The van der Waals surface area contributed by atoms with Crippen LogP contribution in [0.5, 0.6) is 0 Å². The summed E-state index contributed by atoms with van der Waals surface area (Å²) in [4.78, 5) is 17.3. The van der Waals surface area contributed by atoms with Crippen molar-refractivity contribution in [1.29, 1.82) is 0 Å². The van der Waals surface area contributed by atoms with E-state index in [1.54, 1.807) is 36.4 Å². The number of rotatable bonds is 2. The van der Waals surface area contributed by atoms with Gasteiger partial charge in [0.1, 0.15) is 12.7 Å². The van der Waals surface area contributed by atoms with Gasteiger partial charge in [0.05, 0.1) is 11.3 Å². The standard InChI is InChI=1S/C15H12F3N3O/c16-15(17,18)9-21-13(12-7-3-4-8-19-12)20-11-6-2-1-5-10(11)14(21)22/h1-8,13,20H,9H2/t13-/m1/s1. The molecule has 3 rings (SSSR count). The maximum Gasteiger partial charge on any atom is 0.406 e. The second kappa shape index (κ2) is 5.32. The van der Waals surface area contributed by atoms with Crippen LogP contribution in [0.3, 0.4) is 0 Å². The second-order valence-electron chi connectivity index (χ2n) is 4.90. The SMILES string of the molecule is O=C1c2ccccc2N[C@@H](c2ccccn2)N1CC(F)(F)F. The monoisotopic (exact) mass is 307 g/mol. The average Bonchev–Trinajstić information content (AvgIpc) is 2.50. The van der Waals surface area contributed by atoms with Gasteiger partial charge in [-0.25, -0.2) is 0 Å². The molecule has 1 aliphatic heterocycles. The average molecular weight is 307 g/mol. The van der Waals surface area contributed by atoms with E-state index in [1.807, 2.05) is 0 Å². The quantitative estimate of drug-likeness (QED) is 0.926. The molecule has 1 aliphatic rings.